The van der Waals surface area contributed by atoms with E-state index in [4.69, 9.17) is 0 Å². The molecule has 1 aliphatic rings. The van der Waals surface area contributed by atoms with Crippen LogP contribution in [0.3, 0.4) is 0 Å². The molecule has 1 saturated carbocycles. The quantitative estimate of drug-likeness (QED) is 0.697. The van der Waals surface area contributed by atoms with Crippen LogP contribution in [0.15, 0.2) is 18.2 Å². The molecule has 0 saturated heterocycles. The predicted octanol–water partition coefficient (Wildman–Crippen LogP) is 4.36. The zero-order valence-electron chi connectivity index (χ0n) is 18.2. The molecule has 0 bridgehead atoms. The van der Waals surface area contributed by atoms with E-state index in [1.165, 1.54) is 5.69 Å². The molecule has 0 radical (unpaired) electrons. The summed E-state index contributed by atoms with van der Waals surface area (Å²) in [5, 5.41) is 6.13. The Balaban J connectivity index is 1.88. The van der Waals surface area contributed by atoms with Gasteiger partial charge in [0.2, 0.25) is 11.8 Å². The van der Waals surface area contributed by atoms with Gasteiger partial charge in [0.15, 0.2) is 0 Å². The molecule has 0 aliphatic heterocycles. The number of aryl methyl sites for hydroxylation is 1. The maximum absolute atomic E-state index is 12.7. The van der Waals surface area contributed by atoms with E-state index in [-0.39, 0.29) is 23.7 Å². The lowest BCUT2D eigenvalue weighted by atomic mass is 9.81. The summed E-state index contributed by atoms with van der Waals surface area (Å²) in [5.41, 5.74) is 3.16. The SMILES string of the molecule is CCN(CC)c1ccc(NC(=O)C2CCC(C(=O)NCC(C)C)CC2)c(C)c1. The fourth-order valence-corrected chi connectivity index (χ4v) is 3.88. The molecule has 1 fully saturated rings. The van der Waals surface area contributed by atoms with Crippen molar-refractivity contribution in [2.75, 3.05) is 29.9 Å². The van der Waals surface area contributed by atoms with Gasteiger partial charge in [-0.1, -0.05) is 13.8 Å². The van der Waals surface area contributed by atoms with Crippen molar-refractivity contribution < 1.29 is 9.59 Å². The van der Waals surface area contributed by atoms with Crippen LogP contribution >= 0.6 is 0 Å². The molecular formula is C23H37N3O2. The van der Waals surface area contributed by atoms with Gasteiger partial charge >= 0.3 is 0 Å². The first kappa shape index (κ1) is 22.3. The monoisotopic (exact) mass is 387 g/mol. The first-order chi connectivity index (χ1) is 13.3. The van der Waals surface area contributed by atoms with Gasteiger partial charge < -0.3 is 15.5 Å². The van der Waals surface area contributed by atoms with Crippen molar-refractivity contribution in [2.24, 2.45) is 17.8 Å². The minimum atomic E-state index is -0.00370. The summed E-state index contributed by atoms with van der Waals surface area (Å²) in [6, 6.07) is 6.22. The molecule has 5 nitrogen and oxygen atoms in total. The lowest BCUT2D eigenvalue weighted by Gasteiger charge is -2.27. The zero-order valence-corrected chi connectivity index (χ0v) is 18.2. The molecule has 1 aliphatic carbocycles. The van der Waals surface area contributed by atoms with Gasteiger partial charge in [0, 0.05) is 42.8 Å². The van der Waals surface area contributed by atoms with E-state index in [0.717, 1.165) is 56.6 Å². The normalized spacial score (nSPS) is 19.4. The van der Waals surface area contributed by atoms with E-state index < -0.39 is 0 Å². The second-order valence-corrected chi connectivity index (χ2v) is 8.35. The highest BCUT2D eigenvalue weighted by molar-refractivity contribution is 5.93. The van der Waals surface area contributed by atoms with Crippen molar-refractivity contribution in [3.63, 3.8) is 0 Å². The van der Waals surface area contributed by atoms with E-state index in [9.17, 15) is 9.59 Å². The van der Waals surface area contributed by atoms with E-state index in [0.29, 0.717) is 5.92 Å². The molecule has 1 aromatic rings. The zero-order chi connectivity index (χ0) is 20.7. The van der Waals surface area contributed by atoms with Crippen LogP contribution in [-0.2, 0) is 9.59 Å². The predicted molar refractivity (Wildman–Crippen MR) is 117 cm³/mol. The van der Waals surface area contributed by atoms with Crippen LogP contribution in [0.4, 0.5) is 11.4 Å². The molecular weight excluding hydrogens is 350 g/mol. The number of nitrogens with zero attached hydrogens (tertiary/aromatic N) is 1. The maximum Gasteiger partial charge on any atom is 0.227 e. The highest BCUT2D eigenvalue weighted by Gasteiger charge is 2.30. The number of nitrogens with one attached hydrogen (secondary N) is 2. The molecule has 2 N–H and O–H groups in total. The van der Waals surface area contributed by atoms with Crippen LogP contribution < -0.4 is 15.5 Å². The fourth-order valence-electron chi connectivity index (χ4n) is 3.88. The first-order valence-corrected chi connectivity index (χ1v) is 10.8. The number of carbonyl (C=O) groups excluding carboxylic acids is 2. The fraction of sp³-hybridized carbons (Fsp3) is 0.652. The summed E-state index contributed by atoms with van der Waals surface area (Å²) in [6.45, 7) is 13.2. The maximum atomic E-state index is 12.7. The first-order valence-electron chi connectivity index (χ1n) is 10.8. The summed E-state index contributed by atoms with van der Waals surface area (Å²) in [7, 11) is 0. The van der Waals surface area contributed by atoms with Crippen molar-refractivity contribution in [1.82, 2.24) is 5.32 Å². The van der Waals surface area contributed by atoms with E-state index >= 15 is 0 Å². The molecule has 0 spiro atoms. The van der Waals surface area contributed by atoms with E-state index in [1.807, 2.05) is 13.0 Å². The average Bonchev–Trinajstić information content (AvgIpc) is 2.69. The molecule has 0 unspecified atom stereocenters. The number of amides is 2. The van der Waals surface area contributed by atoms with Crippen LogP contribution in [0, 0.1) is 24.7 Å². The topological polar surface area (TPSA) is 61.4 Å². The summed E-state index contributed by atoms with van der Waals surface area (Å²) in [4.78, 5) is 27.3. The Labute approximate surface area is 170 Å². The minimum absolute atomic E-state index is 0.00370. The number of carbonyl (C=O) groups is 2. The van der Waals surface area contributed by atoms with Crippen molar-refractivity contribution in [3.05, 3.63) is 23.8 Å². The molecule has 1 aromatic carbocycles. The third-order valence-corrected chi connectivity index (χ3v) is 5.75. The molecule has 0 aromatic heterocycles. The number of rotatable bonds is 8. The number of anilines is 2. The number of hydrogen-bond acceptors (Lipinski definition) is 3. The summed E-state index contributed by atoms with van der Waals surface area (Å²) in [6.07, 6.45) is 3.15. The third-order valence-electron chi connectivity index (χ3n) is 5.75. The highest BCUT2D eigenvalue weighted by atomic mass is 16.2. The second kappa shape index (κ2) is 10.5. The van der Waals surface area contributed by atoms with Crippen LogP contribution in [-0.4, -0.2) is 31.4 Å². The summed E-state index contributed by atoms with van der Waals surface area (Å²) < 4.78 is 0. The Morgan fingerprint density at radius 3 is 2.11 bits per heavy atom. The van der Waals surface area contributed by atoms with Gasteiger partial charge in [-0.25, -0.2) is 0 Å². The molecule has 2 rings (SSSR count). The molecule has 5 heteroatoms. The average molecular weight is 388 g/mol. The number of benzene rings is 1. The third kappa shape index (κ3) is 5.98. The van der Waals surface area contributed by atoms with Gasteiger partial charge in [-0.2, -0.15) is 0 Å². The van der Waals surface area contributed by atoms with Crippen LogP contribution in [0.5, 0.6) is 0 Å². The van der Waals surface area contributed by atoms with Gasteiger partial charge in [0.25, 0.3) is 0 Å². The van der Waals surface area contributed by atoms with Crippen molar-refractivity contribution >= 4 is 23.2 Å². The van der Waals surface area contributed by atoms with Crippen LogP contribution in [0.25, 0.3) is 0 Å². The Kier molecular flexibility index (Phi) is 8.34. The van der Waals surface area contributed by atoms with Crippen LogP contribution in [0.1, 0.15) is 58.9 Å². The van der Waals surface area contributed by atoms with Crippen LogP contribution in [0.2, 0.25) is 0 Å². The Morgan fingerprint density at radius 2 is 1.61 bits per heavy atom. The molecule has 2 amide bonds. The van der Waals surface area contributed by atoms with Gasteiger partial charge in [-0.3, -0.25) is 9.59 Å². The van der Waals surface area contributed by atoms with Crippen molar-refractivity contribution in [2.45, 2.75) is 60.3 Å². The van der Waals surface area contributed by atoms with Crippen molar-refractivity contribution in [1.29, 1.82) is 0 Å². The Morgan fingerprint density at radius 1 is 1.04 bits per heavy atom. The lowest BCUT2D eigenvalue weighted by molar-refractivity contribution is -0.128. The van der Waals surface area contributed by atoms with Gasteiger partial charge in [0.05, 0.1) is 0 Å². The Bertz CT molecular complexity index is 660. The second-order valence-electron chi connectivity index (χ2n) is 8.35. The van der Waals surface area contributed by atoms with Gasteiger partial charge in [-0.05, 0) is 76.1 Å². The molecule has 0 heterocycles. The molecule has 28 heavy (non-hydrogen) atoms. The summed E-state index contributed by atoms with van der Waals surface area (Å²) >= 11 is 0. The smallest absolute Gasteiger partial charge is 0.227 e. The lowest BCUT2D eigenvalue weighted by Crippen LogP contribution is -2.37. The minimum Gasteiger partial charge on any atom is -0.372 e. The van der Waals surface area contributed by atoms with E-state index in [1.54, 1.807) is 0 Å². The van der Waals surface area contributed by atoms with Gasteiger partial charge in [0.1, 0.15) is 0 Å². The Hall–Kier alpha value is -2.04. The highest BCUT2D eigenvalue weighted by Crippen LogP contribution is 2.31. The van der Waals surface area contributed by atoms with E-state index in [2.05, 4.69) is 55.4 Å². The summed E-state index contributed by atoms with van der Waals surface area (Å²) in [5.74, 6) is 0.742. The van der Waals surface area contributed by atoms with Gasteiger partial charge in [-0.15, -0.1) is 0 Å². The standard InChI is InChI=1S/C23H37N3O2/c1-6-26(7-2)20-12-13-21(17(5)14-20)25-23(28)19-10-8-18(9-11-19)22(27)24-15-16(3)4/h12-14,16,18-19H,6-11,15H2,1-5H3,(H,24,27)(H,25,28). The molecule has 156 valence electrons. The van der Waals surface area contributed by atoms with Crippen molar-refractivity contribution in [3.8, 4) is 0 Å². The largest absolute Gasteiger partial charge is 0.372 e. The molecule has 0 atom stereocenters. The number of hydrogen-bond donors (Lipinski definition) is 2.